The number of fused-ring (bicyclic) bond motifs is 1. The van der Waals surface area contributed by atoms with E-state index >= 15 is 0 Å². The van der Waals surface area contributed by atoms with Gasteiger partial charge in [-0.2, -0.15) is 15.0 Å². The zero-order valence-electron chi connectivity index (χ0n) is 13.8. The Kier molecular flexibility index (Phi) is 4.78. The number of carbonyl (C=O) groups excluding carboxylic acids is 1. The number of benzene rings is 1. The number of anilines is 1. The van der Waals surface area contributed by atoms with Crippen LogP contribution in [-0.2, 0) is 6.54 Å². The lowest BCUT2D eigenvalue weighted by atomic mass is 10.1. The molecule has 3 rings (SSSR count). The average Bonchev–Trinajstić information content (AvgIpc) is 2.92. The zero-order chi connectivity index (χ0) is 17.8. The highest BCUT2D eigenvalue weighted by atomic mass is 16.5. The van der Waals surface area contributed by atoms with Crippen LogP contribution >= 0.6 is 0 Å². The summed E-state index contributed by atoms with van der Waals surface area (Å²) in [5, 5.41) is 10.2. The first-order valence-electron chi connectivity index (χ1n) is 8.02. The molecule has 0 amide bonds. The summed E-state index contributed by atoms with van der Waals surface area (Å²) in [7, 11) is 0. The van der Waals surface area contributed by atoms with E-state index in [1.165, 1.54) is 4.57 Å². The minimum Gasteiger partial charge on any atom is -0.480 e. The molecule has 0 bridgehead atoms. The fourth-order valence-electron chi connectivity index (χ4n) is 2.45. The van der Waals surface area contributed by atoms with Gasteiger partial charge in [0, 0.05) is 5.56 Å². The van der Waals surface area contributed by atoms with E-state index in [1.807, 2.05) is 6.07 Å². The molecular weight excluding hydrogens is 322 g/mol. The van der Waals surface area contributed by atoms with E-state index in [1.54, 1.807) is 18.2 Å². The summed E-state index contributed by atoms with van der Waals surface area (Å²) in [4.78, 5) is 23.4. The van der Waals surface area contributed by atoms with E-state index in [2.05, 4.69) is 21.9 Å². The van der Waals surface area contributed by atoms with Gasteiger partial charge in [0.15, 0.2) is 17.0 Å². The average molecular weight is 341 g/mol. The first-order chi connectivity index (χ1) is 12.1. The number of hydrogen-bond donors (Lipinski definition) is 2. The number of rotatable bonds is 7. The van der Waals surface area contributed by atoms with E-state index in [9.17, 15) is 9.90 Å². The Labute approximate surface area is 144 Å². The van der Waals surface area contributed by atoms with Gasteiger partial charge >= 0.3 is 6.01 Å². The van der Waals surface area contributed by atoms with Gasteiger partial charge in [-0.1, -0.05) is 31.5 Å². The fraction of sp³-hybridized carbons (Fsp3) is 0.294. The maximum atomic E-state index is 10.9. The Hall–Kier alpha value is -3.16. The molecule has 0 radical (unpaired) electrons. The van der Waals surface area contributed by atoms with Crippen LogP contribution in [0.5, 0.6) is 12.0 Å². The molecule has 2 aromatic heterocycles. The molecule has 0 atom stereocenters. The van der Waals surface area contributed by atoms with Crippen molar-refractivity contribution in [3.05, 3.63) is 35.4 Å². The smallest absolute Gasteiger partial charge is 0.320 e. The molecule has 8 nitrogen and oxygen atoms in total. The van der Waals surface area contributed by atoms with Gasteiger partial charge < -0.3 is 15.6 Å². The molecule has 25 heavy (non-hydrogen) atoms. The van der Waals surface area contributed by atoms with Crippen LogP contribution in [0, 0.1) is 0 Å². The Bertz CT molecular complexity index is 907. The van der Waals surface area contributed by atoms with Gasteiger partial charge in [-0.15, -0.1) is 0 Å². The van der Waals surface area contributed by atoms with Crippen molar-refractivity contribution in [1.29, 1.82) is 0 Å². The number of imidazole rings is 1. The van der Waals surface area contributed by atoms with Crippen LogP contribution in [0.1, 0.15) is 35.7 Å². The van der Waals surface area contributed by atoms with Crippen LogP contribution in [-0.4, -0.2) is 37.5 Å². The zero-order valence-corrected chi connectivity index (χ0v) is 13.8. The largest absolute Gasteiger partial charge is 0.480 e. The highest BCUT2D eigenvalue weighted by Crippen LogP contribution is 2.25. The van der Waals surface area contributed by atoms with Crippen LogP contribution in [0.3, 0.4) is 0 Å². The van der Waals surface area contributed by atoms with Crippen molar-refractivity contribution in [2.45, 2.75) is 26.3 Å². The minimum atomic E-state index is -0.224. The number of unbranched alkanes of at least 4 members (excludes halogenated alkanes) is 1. The summed E-state index contributed by atoms with van der Waals surface area (Å²) >= 11 is 0. The first kappa shape index (κ1) is 16.7. The molecule has 3 N–H and O–H groups in total. The van der Waals surface area contributed by atoms with Crippen LogP contribution < -0.4 is 10.5 Å². The summed E-state index contributed by atoms with van der Waals surface area (Å²) in [5.41, 5.74) is 7.99. The second-order valence-electron chi connectivity index (χ2n) is 5.63. The maximum absolute atomic E-state index is 10.9. The Morgan fingerprint density at radius 1 is 1.32 bits per heavy atom. The SMILES string of the molecule is CCCCOc1nc(N)c2nc(O)n(Cc3cccc(C=O)c3)c2n1. The van der Waals surface area contributed by atoms with Gasteiger partial charge in [0.05, 0.1) is 13.2 Å². The monoisotopic (exact) mass is 341 g/mol. The number of aromatic hydroxyl groups is 1. The van der Waals surface area contributed by atoms with Gasteiger partial charge in [0.1, 0.15) is 6.29 Å². The summed E-state index contributed by atoms with van der Waals surface area (Å²) in [6.07, 6.45) is 2.64. The standard InChI is InChI=1S/C17H19N5O3/c1-2-3-7-25-16-20-14(18)13-15(21-16)22(17(24)19-13)9-11-5-4-6-12(8-11)10-23/h4-6,8,10H,2-3,7,9H2,1H3,(H,19,24)(H2,18,20,21). The summed E-state index contributed by atoms with van der Waals surface area (Å²) < 4.78 is 7.02. The molecule has 0 unspecified atom stereocenters. The number of nitrogen functional groups attached to an aromatic ring is 1. The third kappa shape index (κ3) is 3.52. The highest BCUT2D eigenvalue weighted by Gasteiger charge is 2.17. The topological polar surface area (TPSA) is 116 Å². The molecule has 0 saturated carbocycles. The summed E-state index contributed by atoms with van der Waals surface area (Å²) in [6, 6.07) is 7.00. The van der Waals surface area contributed by atoms with Crippen LogP contribution in [0.15, 0.2) is 24.3 Å². The van der Waals surface area contributed by atoms with Gasteiger partial charge in [0.25, 0.3) is 6.01 Å². The molecular formula is C17H19N5O3. The second-order valence-corrected chi connectivity index (χ2v) is 5.63. The first-order valence-corrected chi connectivity index (χ1v) is 8.02. The molecule has 0 saturated heterocycles. The second kappa shape index (κ2) is 7.16. The number of nitrogens with zero attached hydrogens (tertiary/aromatic N) is 4. The van der Waals surface area contributed by atoms with Crippen LogP contribution in [0.2, 0.25) is 0 Å². The normalized spacial score (nSPS) is 10.9. The lowest BCUT2D eigenvalue weighted by molar-refractivity contribution is 0.112. The molecule has 130 valence electrons. The summed E-state index contributed by atoms with van der Waals surface area (Å²) in [5.74, 6) is 0.146. The molecule has 1 aromatic carbocycles. The predicted octanol–water partition coefficient (Wildman–Crippen LogP) is 2.15. The van der Waals surface area contributed by atoms with E-state index in [0.29, 0.717) is 23.3 Å². The third-order valence-corrected chi connectivity index (χ3v) is 3.74. The van der Waals surface area contributed by atoms with E-state index in [0.717, 1.165) is 24.7 Å². The van der Waals surface area contributed by atoms with E-state index < -0.39 is 0 Å². The fourth-order valence-corrected chi connectivity index (χ4v) is 2.45. The lowest BCUT2D eigenvalue weighted by Crippen LogP contribution is -2.06. The van der Waals surface area contributed by atoms with Gasteiger partial charge in [-0.25, -0.2) is 0 Å². The lowest BCUT2D eigenvalue weighted by Gasteiger charge is -2.08. The molecule has 2 heterocycles. The Morgan fingerprint density at radius 3 is 2.92 bits per heavy atom. The third-order valence-electron chi connectivity index (χ3n) is 3.74. The molecule has 8 heteroatoms. The van der Waals surface area contributed by atoms with Crippen molar-refractivity contribution in [1.82, 2.24) is 19.5 Å². The molecule has 3 aromatic rings. The van der Waals surface area contributed by atoms with Gasteiger partial charge in [-0.3, -0.25) is 9.36 Å². The minimum absolute atomic E-state index is 0.146. The van der Waals surface area contributed by atoms with Crippen LogP contribution in [0.4, 0.5) is 5.82 Å². The maximum Gasteiger partial charge on any atom is 0.320 e. The number of aldehydes is 1. The molecule has 0 aliphatic carbocycles. The van der Waals surface area contributed by atoms with Crippen molar-refractivity contribution in [3.8, 4) is 12.0 Å². The predicted molar refractivity (Wildman–Crippen MR) is 92.7 cm³/mol. The number of hydrogen-bond acceptors (Lipinski definition) is 7. The van der Waals surface area contributed by atoms with E-state index in [4.69, 9.17) is 10.5 Å². The van der Waals surface area contributed by atoms with Crippen LogP contribution in [0.25, 0.3) is 11.2 Å². The van der Waals surface area contributed by atoms with Crippen molar-refractivity contribution in [2.75, 3.05) is 12.3 Å². The Balaban J connectivity index is 1.98. The molecule has 0 spiro atoms. The van der Waals surface area contributed by atoms with E-state index in [-0.39, 0.29) is 24.4 Å². The molecule has 0 aliphatic heterocycles. The Morgan fingerprint density at radius 2 is 2.16 bits per heavy atom. The number of carbonyl (C=O) groups is 1. The van der Waals surface area contributed by atoms with Crippen molar-refractivity contribution >= 4 is 23.3 Å². The number of ether oxygens (including phenoxy) is 1. The quantitative estimate of drug-likeness (QED) is 0.499. The van der Waals surface area contributed by atoms with Gasteiger partial charge in [-0.05, 0) is 18.1 Å². The van der Waals surface area contributed by atoms with Gasteiger partial charge in [0.2, 0.25) is 0 Å². The van der Waals surface area contributed by atoms with Crippen molar-refractivity contribution < 1.29 is 14.6 Å². The van der Waals surface area contributed by atoms with Crippen molar-refractivity contribution in [3.63, 3.8) is 0 Å². The summed E-state index contributed by atoms with van der Waals surface area (Å²) in [6.45, 7) is 2.83. The molecule has 0 fully saturated rings. The molecule has 0 aliphatic rings. The number of nitrogens with two attached hydrogens (primary N) is 1. The highest BCUT2D eigenvalue weighted by molar-refractivity contribution is 5.83. The van der Waals surface area contributed by atoms with Crippen molar-refractivity contribution in [2.24, 2.45) is 0 Å². The number of aromatic nitrogens is 4.